The highest BCUT2D eigenvalue weighted by molar-refractivity contribution is 5.53. The number of benzene rings is 2. The van der Waals surface area contributed by atoms with E-state index in [0.29, 0.717) is 17.2 Å². The van der Waals surface area contributed by atoms with E-state index in [1.807, 2.05) is 19.1 Å². The van der Waals surface area contributed by atoms with E-state index in [0.717, 1.165) is 17.8 Å². The Balaban J connectivity index is 1.51. The van der Waals surface area contributed by atoms with Gasteiger partial charge < -0.3 is 15.7 Å². The lowest BCUT2D eigenvalue weighted by Gasteiger charge is -2.41. The number of para-hydroxylation sites is 1. The largest absolute Gasteiger partial charge is 0.508 e. The molecule has 0 bridgehead atoms. The second kappa shape index (κ2) is 6.62. The van der Waals surface area contributed by atoms with Crippen LogP contribution >= 0.6 is 0 Å². The van der Waals surface area contributed by atoms with E-state index in [1.54, 1.807) is 0 Å². The summed E-state index contributed by atoms with van der Waals surface area (Å²) in [6.07, 6.45) is 7.42. The van der Waals surface area contributed by atoms with Gasteiger partial charge in [0.05, 0.1) is 0 Å². The van der Waals surface area contributed by atoms with Crippen molar-refractivity contribution in [3.63, 3.8) is 0 Å². The molecular formula is C22H28N2O. The number of hydrogen-bond acceptors (Lipinski definition) is 3. The van der Waals surface area contributed by atoms with Gasteiger partial charge in [-0.15, -0.1) is 0 Å². The summed E-state index contributed by atoms with van der Waals surface area (Å²) in [4.78, 5) is 0. The molecular weight excluding hydrogens is 308 g/mol. The molecule has 1 aliphatic carbocycles. The molecule has 1 fully saturated rings. The average Bonchev–Trinajstić information content (AvgIpc) is 2.77. The summed E-state index contributed by atoms with van der Waals surface area (Å²) in [7, 11) is 0. The second-order valence-electron chi connectivity index (χ2n) is 7.95. The molecule has 1 aliphatic heterocycles. The first-order valence-electron chi connectivity index (χ1n) is 9.52. The zero-order valence-electron chi connectivity index (χ0n) is 15.0. The number of rotatable bonds is 2. The topological polar surface area (TPSA) is 44.3 Å². The molecule has 2 aromatic carbocycles. The molecule has 2 aromatic rings. The third-order valence-corrected chi connectivity index (χ3v) is 6.07. The number of nitrogens with one attached hydrogen (secondary N) is 2. The normalized spacial score (nSPS) is 25.7. The van der Waals surface area contributed by atoms with Crippen LogP contribution in [0.15, 0.2) is 42.5 Å². The van der Waals surface area contributed by atoms with Gasteiger partial charge in [-0.2, -0.15) is 0 Å². The van der Waals surface area contributed by atoms with Crippen molar-refractivity contribution in [2.24, 2.45) is 5.41 Å². The quantitative estimate of drug-likeness (QED) is 0.715. The molecule has 3 heteroatoms. The summed E-state index contributed by atoms with van der Waals surface area (Å²) >= 11 is 0. The summed E-state index contributed by atoms with van der Waals surface area (Å²) in [6, 6.07) is 15.2. The molecule has 2 atom stereocenters. The van der Waals surface area contributed by atoms with Crippen LogP contribution < -0.4 is 10.6 Å². The molecule has 0 amide bonds. The maximum absolute atomic E-state index is 9.97. The lowest BCUT2D eigenvalue weighted by molar-refractivity contribution is 0.168. The maximum Gasteiger partial charge on any atom is 0.120 e. The summed E-state index contributed by atoms with van der Waals surface area (Å²) in [6.45, 7) is 3.00. The van der Waals surface area contributed by atoms with Gasteiger partial charge in [-0.05, 0) is 67.7 Å². The average molecular weight is 336 g/mol. The van der Waals surface area contributed by atoms with Crippen LogP contribution in [0.25, 0.3) is 0 Å². The third kappa shape index (κ3) is 3.46. The van der Waals surface area contributed by atoms with E-state index >= 15 is 0 Å². The van der Waals surface area contributed by atoms with Crippen LogP contribution in [-0.4, -0.2) is 17.7 Å². The van der Waals surface area contributed by atoms with Gasteiger partial charge in [-0.25, -0.2) is 0 Å². The van der Waals surface area contributed by atoms with Gasteiger partial charge in [0.25, 0.3) is 0 Å². The number of anilines is 2. The minimum atomic E-state index is 0.378. The minimum absolute atomic E-state index is 0.378. The molecule has 3 nitrogen and oxygen atoms in total. The lowest BCUT2D eigenvalue weighted by Crippen LogP contribution is -2.37. The van der Waals surface area contributed by atoms with Crippen molar-refractivity contribution in [1.82, 2.24) is 0 Å². The molecule has 0 aromatic heterocycles. The van der Waals surface area contributed by atoms with Crippen molar-refractivity contribution in [2.45, 2.75) is 51.5 Å². The van der Waals surface area contributed by atoms with Crippen molar-refractivity contribution in [3.8, 4) is 5.75 Å². The smallest absolute Gasteiger partial charge is 0.120 e. The summed E-state index contributed by atoms with van der Waals surface area (Å²) in [5.74, 6) is 0.378. The zero-order chi connectivity index (χ0) is 17.3. The minimum Gasteiger partial charge on any atom is -0.508 e. The fourth-order valence-electron chi connectivity index (χ4n) is 4.70. The number of aryl methyl sites for hydroxylation is 1. The highest BCUT2D eigenvalue weighted by atomic mass is 16.3. The number of hydrogen-bond donors (Lipinski definition) is 3. The predicted octanol–water partition coefficient (Wildman–Crippen LogP) is 5.10. The van der Waals surface area contributed by atoms with Crippen molar-refractivity contribution >= 4 is 11.4 Å². The van der Waals surface area contributed by atoms with Crippen LogP contribution in [0, 0.1) is 12.3 Å². The number of aromatic hydroxyl groups is 1. The Morgan fingerprint density at radius 2 is 2.04 bits per heavy atom. The van der Waals surface area contributed by atoms with Crippen LogP contribution in [0.1, 0.15) is 43.2 Å². The first kappa shape index (κ1) is 16.3. The van der Waals surface area contributed by atoms with E-state index in [2.05, 4.69) is 41.0 Å². The number of fused-ring (bicyclic) bond motifs is 1. The van der Waals surface area contributed by atoms with Crippen LogP contribution in [0.4, 0.5) is 11.4 Å². The summed E-state index contributed by atoms with van der Waals surface area (Å²) in [5, 5.41) is 17.3. The first-order chi connectivity index (χ1) is 12.1. The first-order valence-corrected chi connectivity index (χ1v) is 9.52. The molecule has 25 heavy (non-hydrogen) atoms. The van der Waals surface area contributed by atoms with Crippen LogP contribution in [0.5, 0.6) is 5.75 Å². The van der Waals surface area contributed by atoms with Gasteiger partial charge in [0, 0.05) is 30.0 Å². The highest BCUT2D eigenvalue weighted by Gasteiger charge is 2.37. The molecule has 1 unspecified atom stereocenters. The maximum atomic E-state index is 9.97. The molecule has 2 aliphatic rings. The highest BCUT2D eigenvalue weighted by Crippen LogP contribution is 2.45. The van der Waals surface area contributed by atoms with Gasteiger partial charge in [0.2, 0.25) is 0 Å². The van der Waals surface area contributed by atoms with Gasteiger partial charge in [0.1, 0.15) is 5.75 Å². The fraction of sp³-hybridized carbons (Fsp3) is 0.455. The molecule has 1 saturated carbocycles. The van der Waals surface area contributed by atoms with Crippen molar-refractivity contribution in [3.05, 3.63) is 53.6 Å². The molecule has 1 heterocycles. The Kier molecular flexibility index (Phi) is 4.32. The number of phenols is 1. The third-order valence-electron chi connectivity index (χ3n) is 6.07. The fourth-order valence-corrected chi connectivity index (χ4v) is 4.70. The second-order valence-corrected chi connectivity index (χ2v) is 7.95. The lowest BCUT2D eigenvalue weighted by atomic mass is 9.67. The molecule has 3 N–H and O–H groups in total. The number of phenolic OH excluding ortho intramolecular Hbond substituents is 1. The van der Waals surface area contributed by atoms with Crippen molar-refractivity contribution < 1.29 is 5.11 Å². The molecule has 4 rings (SSSR count). The Bertz CT molecular complexity index is 757. The zero-order valence-corrected chi connectivity index (χ0v) is 15.0. The standard InChI is InChI=1S/C22H28N2O/c1-16-8-9-18(13-21(16)25)24-19-6-4-10-22(15-19)11-12-23-20-7-3-2-5-17(20)14-22/h2-3,5,7-9,13,19,23-25H,4,6,10-12,14-15H2,1H3/t19-,22?/m0/s1. The Hall–Kier alpha value is -2.16. The van der Waals surface area contributed by atoms with E-state index in [1.165, 1.54) is 49.8 Å². The summed E-state index contributed by atoms with van der Waals surface area (Å²) < 4.78 is 0. The molecule has 132 valence electrons. The van der Waals surface area contributed by atoms with Crippen molar-refractivity contribution in [2.75, 3.05) is 17.2 Å². The van der Waals surface area contributed by atoms with E-state index < -0.39 is 0 Å². The van der Waals surface area contributed by atoms with Crippen LogP contribution in [-0.2, 0) is 6.42 Å². The predicted molar refractivity (Wildman–Crippen MR) is 104 cm³/mol. The summed E-state index contributed by atoms with van der Waals surface area (Å²) in [5.41, 5.74) is 5.14. The van der Waals surface area contributed by atoms with Crippen LogP contribution in [0.2, 0.25) is 0 Å². The SMILES string of the molecule is Cc1ccc(N[C@H]2CCCC3(CCNc4ccccc4C3)C2)cc1O. The Labute approximate surface area is 150 Å². The van der Waals surface area contributed by atoms with E-state index in [9.17, 15) is 5.11 Å². The van der Waals surface area contributed by atoms with Gasteiger partial charge >= 0.3 is 0 Å². The van der Waals surface area contributed by atoms with Crippen molar-refractivity contribution in [1.29, 1.82) is 0 Å². The Morgan fingerprint density at radius 3 is 2.92 bits per heavy atom. The Morgan fingerprint density at radius 1 is 1.16 bits per heavy atom. The monoisotopic (exact) mass is 336 g/mol. The molecule has 1 spiro atoms. The molecule has 0 radical (unpaired) electrons. The van der Waals surface area contributed by atoms with E-state index in [4.69, 9.17) is 0 Å². The van der Waals surface area contributed by atoms with Gasteiger partial charge in [0.15, 0.2) is 0 Å². The molecule has 0 saturated heterocycles. The van der Waals surface area contributed by atoms with Gasteiger partial charge in [-0.1, -0.05) is 30.7 Å². The van der Waals surface area contributed by atoms with E-state index in [-0.39, 0.29) is 0 Å². The van der Waals surface area contributed by atoms with Gasteiger partial charge in [-0.3, -0.25) is 0 Å². The van der Waals surface area contributed by atoms with Crippen LogP contribution in [0.3, 0.4) is 0 Å².